The molecule has 1 unspecified atom stereocenters. The summed E-state index contributed by atoms with van der Waals surface area (Å²) >= 11 is 0. The predicted molar refractivity (Wildman–Crippen MR) is 110 cm³/mol. The van der Waals surface area contributed by atoms with Crippen LogP contribution in [0.3, 0.4) is 0 Å². The Kier molecular flexibility index (Phi) is 7.51. The molecular formula is C22H31N3O3. The van der Waals surface area contributed by atoms with Crippen LogP contribution in [0.15, 0.2) is 47.1 Å². The number of carbonyl (C=O) groups excluding carboxylic acids is 1. The van der Waals surface area contributed by atoms with Crippen molar-refractivity contribution in [1.29, 1.82) is 0 Å². The van der Waals surface area contributed by atoms with Crippen LogP contribution in [-0.2, 0) is 0 Å². The Balaban J connectivity index is 1.64. The second-order valence-corrected chi connectivity index (χ2v) is 7.49. The van der Waals surface area contributed by atoms with Gasteiger partial charge in [0.05, 0.1) is 17.9 Å². The van der Waals surface area contributed by atoms with Gasteiger partial charge in [0.1, 0.15) is 18.1 Å². The van der Waals surface area contributed by atoms with E-state index in [1.165, 1.54) is 19.3 Å². The summed E-state index contributed by atoms with van der Waals surface area (Å²) in [6, 6.07) is 11.4. The van der Waals surface area contributed by atoms with E-state index in [1.54, 1.807) is 6.26 Å². The smallest absolute Gasteiger partial charge is 0.255 e. The highest BCUT2D eigenvalue weighted by Gasteiger charge is 2.25. The van der Waals surface area contributed by atoms with E-state index >= 15 is 0 Å². The quantitative estimate of drug-likeness (QED) is 0.718. The number of carbonyl (C=O) groups is 1. The molecule has 3 rings (SSSR count). The topological polar surface area (TPSA) is 58.0 Å². The summed E-state index contributed by atoms with van der Waals surface area (Å²) in [5.41, 5.74) is 0.568. The fourth-order valence-corrected chi connectivity index (χ4v) is 3.52. The third-order valence-electron chi connectivity index (χ3n) is 5.09. The number of likely N-dealkylation sites (tertiary alicyclic amines) is 1. The summed E-state index contributed by atoms with van der Waals surface area (Å²) < 4.78 is 11.5. The van der Waals surface area contributed by atoms with Gasteiger partial charge in [0.2, 0.25) is 0 Å². The third kappa shape index (κ3) is 5.59. The van der Waals surface area contributed by atoms with Gasteiger partial charge >= 0.3 is 0 Å². The largest absolute Gasteiger partial charge is 0.491 e. The lowest BCUT2D eigenvalue weighted by Gasteiger charge is -2.33. The van der Waals surface area contributed by atoms with Crippen molar-refractivity contribution in [2.24, 2.45) is 0 Å². The monoisotopic (exact) mass is 385 g/mol. The number of rotatable bonds is 9. The summed E-state index contributed by atoms with van der Waals surface area (Å²) in [7, 11) is 3.99. The minimum atomic E-state index is -0.117. The van der Waals surface area contributed by atoms with Crippen molar-refractivity contribution in [2.75, 3.05) is 46.9 Å². The minimum Gasteiger partial charge on any atom is -0.491 e. The summed E-state index contributed by atoms with van der Waals surface area (Å²) in [4.78, 5) is 17.3. The lowest BCUT2D eigenvalue weighted by atomic mass is 10.1. The van der Waals surface area contributed by atoms with Gasteiger partial charge in [-0.05, 0) is 64.3 Å². The van der Waals surface area contributed by atoms with E-state index in [0.29, 0.717) is 24.5 Å². The number of nitrogens with zero attached hydrogens (tertiary/aromatic N) is 2. The van der Waals surface area contributed by atoms with Crippen LogP contribution in [0.5, 0.6) is 5.75 Å². The van der Waals surface area contributed by atoms with Crippen molar-refractivity contribution in [3.05, 3.63) is 54.0 Å². The van der Waals surface area contributed by atoms with Crippen molar-refractivity contribution < 1.29 is 13.9 Å². The van der Waals surface area contributed by atoms with Gasteiger partial charge in [0.25, 0.3) is 5.91 Å². The summed E-state index contributed by atoms with van der Waals surface area (Å²) in [6.45, 7) is 3.92. The first-order chi connectivity index (χ1) is 13.6. The molecule has 2 heterocycles. The first-order valence-corrected chi connectivity index (χ1v) is 10.1. The van der Waals surface area contributed by atoms with Gasteiger partial charge in [-0.2, -0.15) is 0 Å². The highest BCUT2D eigenvalue weighted by molar-refractivity contribution is 5.96. The maximum atomic E-state index is 12.9. The van der Waals surface area contributed by atoms with Crippen LogP contribution in [0, 0.1) is 0 Å². The molecule has 1 aliphatic rings. The maximum absolute atomic E-state index is 12.9. The molecule has 0 aliphatic carbocycles. The number of ether oxygens (including phenoxy) is 1. The Labute approximate surface area is 167 Å². The van der Waals surface area contributed by atoms with Crippen LogP contribution in [-0.4, -0.2) is 62.6 Å². The molecule has 1 N–H and O–H groups in total. The van der Waals surface area contributed by atoms with Crippen molar-refractivity contribution in [3.8, 4) is 5.75 Å². The number of amides is 1. The highest BCUT2D eigenvalue weighted by Crippen LogP contribution is 2.25. The van der Waals surface area contributed by atoms with Crippen LogP contribution >= 0.6 is 0 Å². The number of benzene rings is 1. The van der Waals surface area contributed by atoms with E-state index in [9.17, 15) is 4.79 Å². The summed E-state index contributed by atoms with van der Waals surface area (Å²) in [5, 5.41) is 3.09. The normalized spacial score (nSPS) is 16.1. The lowest BCUT2D eigenvalue weighted by molar-refractivity contribution is 0.0910. The Morgan fingerprint density at radius 1 is 1.18 bits per heavy atom. The van der Waals surface area contributed by atoms with Crippen LogP contribution in [0.25, 0.3) is 0 Å². The van der Waals surface area contributed by atoms with E-state index in [-0.39, 0.29) is 11.9 Å². The number of likely N-dealkylation sites (N-methyl/N-ethyl adjacent to an activating group) is 1. The Morgan fingerprint density at radius 3 is 2.68 bits per heavy atom. The van der Waals surface area contributed by atoms with Crippen LogP contribution < -0.4 is 10.1 Å². The number of furan rings is 1. The van der Waals surface area contributed by atoms with Crippen molar-refractivity contribution in [1.82, 2.24) is 15.1 Å². The molecule has 28 heavy (non-hydrogen) atoms. The highest BCUT2D eigenvalue weighted by atomic mass is 16.5. The average Bonchev–Trinajstić information content (AvgIpc) is 3.23. The van der Waals surface area contributed by atoms with Gasteiger partial charge in [-0.15, -0.1) is 0 Å². The van der Waals surface area contributed by atoms with E-state index < -0.39 is 0 Å². The second kappa shape index (κ2) is 10.3. The fraction of sp³-hybridized carbons (Fsp3) is 0.500. The molecule has 2 aromatic rings. The van der Waals surface area contributed by atoms with E-state index in [2.05, 4.69) is 15.1 Å². The molecule has 152 valence electrons. The van der Waals surface area contributed by atoms with E-state index in [4.69, 9.17) is 9.15 Å². The number of para-hydroxylation sites is 1. The number of hydrogen-bond donors (Lipinski definition) is 1. The molecule has 1 saturated heterocycles. The number of piperidine rings is 1. The maximum Gasteiger partial charge on any atom is 0.255 e. The van der Waals surface area contributed by atoms with Crippen molar-refractivity contribution >= 4 is 5.91 Å². The molecule has 6 nitrogen and oxygen atoms in total. The lowest BCUT2D eigenvalue weighted by Crippen LogP contribution is -2.40. The minimum absolute atomic E-state index is 0.0565. The zero-order valence-corrected chi connectivity index (χ0v) is 16.9. The van der Waals surface area contributed by atoms with Crippen LogP contribution in [0.2, 0.25) is 0 Å². The SMILES string of the molecule is CN(C)CCOc1ccccc1C(=O)NCC(c1ccco1)N1CCCCC1. The van der Waals surface area contributed by atoms with Gasteiger partial charge in [-0.1, -0.05) is 18.6 Å². The van der Waals surface area contributed by atoms with Gasteiger partial charge < -0.3 is 19.4 Å². The molecular weight excluding hydrogens is 354 g/mol. The zero-order valence-electron chi connectivity index (χ0n) is 16.9. The standard InChI is InChI=1S/C22H31N3O3/c1-24(2)14-16-28-20-10-5-4-9-18(20)22(26)23-17-19(21-11-8-15-27-21)25-12-6-3-7-13-25/h4-5,8-11,15,19H,3,6-7,12-14,16-17H2,1-2H3,(H,23,26). The molecule has 6 heteroatoms. The number of hydrogen-bond acceptors (Lipinski definition) is 5. The molecule has 1 amide bonds. The first kappa shape index (κ1) is 20.4. The second-order valence-electron chi connectivity index (χ2n) is 7.49. The Bertz CT molecular complexity index is 724. The van der Waals surface area contributed by atoms with Gasteiger partial charge in [-0.3, -0.25) is 9.69 Å². The molecule has 1 atom stereocenters. The van der Waals surface area contributed by atoms with Crippen molar-refractivity contribution in [2.45, 2.75) is 25.3 Å². The summed E-state index contributed by atoms with van der Waals surface area (Å²) in [6.07, 6.45) is 5.34. The van der Waals surface area contributed by atoms with Gasteiger partial charge in [-0.25, -0.2) is 0 Å². The molecule has 1 aliphatic heterocycles. The molecule has 0 radical (unpaired) electrons. The van der Waals surface area contributed by atoms with Gasteiger partial charge in [0.15, 0.2) is 0 Å². The third-order valence-corrected chi connectivity index (χ3v) is 5.09. The predicted octanol–water partition coefficient (Wildman–Crippen LogP) is 3.18. The van der Waals surface area contributed by atoms with Crippen LogP contribution in [0.1, 0.15) is 41.4 Å². The molecule has 1 fully saturated rings. The molecule has 0 bridgehead atoms. The van der Waals surface area contributed by atoms with E-state index in [1.807, 2.05) is 50.5 Å². The molecule has 1 aromatic carbocycles. The zero-order chi connectivity index (χ0) is 19.8. The van der Waals surface area contributed by atoms with E-state index in [0.717, 1.165) is 25.4 Å². The molecule has 0 spiro atoms. The average molecular weight is 386 g/mol. The van der Waals surface area contributed by atoms with Crippen LogP contribution in [0.4, 0.5) is 0 Å². The fourth-order valence-electron chi connectivity index (χ4n) is 3.52. The Morgan fingerprint density at radius 2 is 1.96 bits per heavy atom. The molecule has 1 aromatic heterocycles. The number of nitrogens with one attached hydrogen (secondary N) is 1. The Hall–Kier alpha value is -2.31. The van der Waals surface area contributed by atoms with Crippen molar-refractivity contribution in [3.63, 3.8) is 0 Å². The first-order valence-electron chi connectivity index (χ1n) is 10.1. The summed E-state index contributed by atoms with van der Waals surface area (Å²) in [5.74, 6) is 1.40. The van der Waals surface area contributed by atoms with Gasteiger partial charge in [0, 0.05) is 13.1 Å². The molecule has 0 saturated carbocycles.